The molecule has 16 heavy (non-hydrogen) atoms. The van der Waals surface area contributed by atoms with Gasteiger partial charge in [-0.3, -0.25) is 0 Å². The van der Waals surface area contributed by atoms with Gasteiger partial charge >= 0.3 is 0 Å². The van der Waals surface area contributed by atoms with Gasteiger partial charge in [0.1, 0.15) is 0 Å². The summed E-state index contributed by atoms with van der Waals surface area (Å²) in [6.45, 7) is 9.21. The normalized spacial score (nSPS) is 48.1. The molecule has 92 valence electrons. The number of fused-ring (bicyclic) bond motifs is 1. The van der Waals surface area contributed by atoms with Crippen LogP contribution in [0.5, 0.6) is 0 Å². The first-order valence-corrected chi connectivity index (χ1v) is 6.80. The molecule has 0 radical (unpaired) electrons. The Morgan fingerprint density at radius 2 is 2.06 bits per heavy atom. The number of hydrogen-bond donors (Lipinski definition) is 1. The minimum atomic E-state index is -0.101. The first kappa shape index (κ1) is 12.2. The van der Waals surface area contributed by atoms with E-state index in [2.05, 4.69) is 39.8 Å². The molecule has 2 aliphatic rings. The van der Waals surface area contributed by atoms with Gasteiger partial charge in [-0.05, 0) is 48.3 Å². The molecule has 1 heteroatoms. The van der Waals surface area contributed by atoms with Crippen LogP contribution >= 0.6 is 0 Å². The Hall–Kier alpha value is -0.300. The predicted molar refractivity (Wildman–Crippen MR) is 68.1 cm³/mol. The number of aliphatic hydroxyl groups excluding tert-OH is 1. The minimum Gasteiger partial charge on any atom is -0.393 e. The lowest BCUT2D eigenvalue weighted by Crippen LogP contribution is -2.46. The van der Waals surface area contributed by atoms with E-state index in [-0.39, 0.29) is 11.5 Å². The third kappa shape index (κ3) is 1.95. The first-order chi connectivity index (χ1) is 7.44. The van der Waals surface area contributed by atoms with Gasteiger partial charge in [-0.15, -0.1) is 0 Å². The topological polar surface area (TPSA) is 20.2 Å². The summed E-state index contributed by atoms with van der Waals surface area (Å²) in [4.78, 5) is 0. The number of allylic oxidation sites excluding steroid dienone is 2. The van der Waals surface area contributed by atoms with Gasteiger partial charge in [0.15, 0.2) is 0 Å². The number of hydrogen-bond acceptors (Lipinski definition) is 1. The Kier molecular flexibility index (Phi) is 3.18. The van der Waals surface area contributed by atoms with Crippen molar-refractivity contribution >= 4 is 0 Å². The molecule has 0 aromatic heterocycles. The van der Waals surface area contributed by atoms with Crippen LogP contribution in [-0.2, 0) is 0 Å². The summed E-state index contributed by atoms with van der Waals surface area (Å²) >= 11 is 0. The van der Waals surface area contributed by atoms with Gasteiger partial charge in [-0.1, -0.05) is 39.8 Å². The smallest absolute Gasteiger partial charge is 0.0579 e. The Morgan fingerprint density at radius 1 is 1.38 bits per heavy atom. The SMILES string of the molecule is CC(C)[C@H]1C[C@H]2[C@H](C)CC=C[C@@]2(C)CC1O. The second kappa shape index (κ2) is 4.18. The number of rotatable bonds is 1. The third-order valence-corrected chi connectivity index (χ3v) is 5.07. The highest BCUT2D eigenvalue weighted by molar-refractivity contribution is 5.11. The molecule has 1 N–H and O–H groups in total. The van der Waals surface area contributed by atoms with E-state index in [4.69, 9.17) is 0 Å². The van der Waals surface area contributed by atoms with Gasteiger partial charge in [0, 0.05) is 0 Å². The highest BCUT2D eigenvalue weighted by Gasteiger charge is 2.46. The van der Waals surface area contributed by atoms with E-state index in [1.54, 1.807) is 0 Å². The Balaban J connectivity index is 2.22. The lowest BCUT2D eigenvalue weighted by molar-refractivity contribution is -0.0462. The van der Waals surface area contributed by atoms with Crippen molar-refractivity contribution in [2.24, 2.45) is 29.1 Å². The van der Waals surface area contributed by atoms with Crippen LogP contribution in [-0.4, -0.2) is 11.2 Å². The Bertz CT molecular complexity index is 281. The van der Waals surface area contributed by atoms with Crippen molar-refractivity contribution in [3.8, 4) is 0 Å². The zero-order chi connectivity index (χ0) is 11.9. The maximum absolute atomic E-state index is 10.3. The predicted octanol–water partition coefficient (Wildman–Crippen LogP) is 3.63. The fourth-order valence-electron chi connectivity index (χ4n) is 3.98. The lowest BCUT2D eigenvalue weighted by atomic mass is 9.55. The Labute approximate surface area is 99.9 Å². The van der Waals surface area contributed by atoms with Gasteiger partial charge in [0.2, 0.25) is 0 Å². The summed E-state index contributed by atoms with van der Waals surface area (Å²) in [5.74, 6) is 2.67. The molecule has 0 aromatic rings. The van der Waals surface area contributed by atoms with Crippen LogP contribution in [0.15, 0.2) is 12.2 Å². The van der Waals surface area contributed by atoms with Crippen molar-refractivity contribution < 1.29 is 5.11 Å². The molecule has 1 nitrogen and oxygen atoms in total. The third-order valence-electron chi connectivity index (χ3n) is 5.07. The molecule has 0 aromatic carbocycles. The lowest BCUT2D eigenvalue weighted by Gasteiger charge is -2.50. The van der Waals surface area contributed by atoms with Crippen LogP contribution < -0.4 is 0 Å². The summed E-state index contributed by atoms with van der Waals surface area (Å²) in [7, 11) is 0. The molecule has 5 atom stereocenters. The largest absolute Gasteiger partial charge is 0.393 e. The summed E-state index contributed by atoms with van der Waals surface area (Å²) in [6, 6.07) is 0. The molecule has 0 saturated heterocycles. The molecular weight excluding hydrogens is 196 g/mol. The highest BCUT2D eigenvalue weighted by Crippen LogP contribution is 2.52. The van der Waals surface area contributed by atoms with Crippen LogP contribution in [0, 0.1) is 29.1 Å². The van der Waals surface area contributed by atoms with Crippen LogP contribution in [0.4, 0.5) is 0 Å². The quantitative estimate of drug-likeness (QED) is 0.672. The average Bonchev–Trinajstić information content (AvgIpc) is 2.15. The van der Waals surface area contributed by atoms with Gasteiger partial charge < -0.3 is 5.11 Å². The average molecular weight is 222 g/mol. The van der Waals surface area contributed by atoms with E-state index in [1.165, 1.54) is 12.8 Å². The monoisotopic (exact) mass is 222 g/mol. The zero-order valence-electron chi connectivity index (χ0n) is 11.1. The van der Waals surface area contributed by atoms with Crippen LogP contribution in [0.25, 0.3) is 0 Å². The van der Waals surface area contributed by atoms with E-state index in [9.17, 15) is 5.11 Å². The van der Waals surface area contributed by atoms with Crippen molar-refractivity contribution in [1.82, 2.24) is 0 Å². The molecule has 0 amide bonds. The zero-order valence-corrected chi connectivity index (χ0v) is 11.1. The fourth-order valence-corrected chi connectivity index (χ4v) is 3.98. The van der Waals surface area contributed by atoms with Crippen molar-refractivity contribution in [2.75, 3.05) is 0 Å². The summed E-state index contributed by atoms with van der Waals surface area (Å²) < 4.78 is 0. The molecule has 0 aliphatic heterocycles. The Morgan fingerprint density at radius 3 is 2.69 bits per heavy atom. The van der Waals surface area contributed by atoms with Crippen LogP contribution in [0.3, 0.4) is 0 Å². The molecule has 1 fully saturated rings. The maximum Gasteiger partial charge on any atom is 0.0579 e. The second-order valence-electron chi connectivity index (χ2n) is 6.64. The highest BCUT2D eigenvalue weighted by atomic mass is 16.3. The second-order valence-corrected chi connectivity index (χ2v) is 6.64. The minimum absolute atomic E-state index is 0.101. The molecule has 0 heterocycles. The van der Waals surface area contributed by atoms with Gasteiger partial charge in [-0.2, -0.15) is 0 Å². The van der Waals surface area contributed by atoms with E-state index in [1.807, 2.05) is 0 Å². The first-order valence-electron chi connectivity index (χ1n) is 6.80. The maximum atomic E-state index is 10.3. The van der Waals surface area contributed by atoms with Crippen LogP contribution in [0.2, 0.25) is 0 Å². The van der Waals surface area contributed by atoms with Crippen molar-refractivity contribution in [3.63, 3.8) is 0 Å². The van der Waals surface area contributed by atoms with Crippen LogP contribution in [0.1, 0.15) is 47.0 Å². The molecule has 1 saturated carbocycles. The van der Waals surface area contributed by atoms with Gasteiger partial charge in [0.25, 0.3) is 0 Å². The molecule has 2 aliphatic carbocycles. The summed E-state index contributed by atoms with van der Waals surface area (Å²) in [5, 5.41) is 10.3. The van der Waals surface area contributed by atoms with E-state index < -0.39 is 0 Å². The van der Waals surface area contributed by atoms with Gasteiger partial charge in [-0.25, -0.2) is 0 Å². The van der Waals surface area contributed by atoms with Crippen molar-refractivity contribution in [1.29, 1.82) is 0 Å². The van der Waals surface area contributed by atoms with Crippen molar-refractivity contribution in [3.05, 3.63) is 12.2 Å². The standard InChI is InChI=1S/C15H26O/c1-10(2)12-8-13-11(3)6-5-7-15(13,4)9-14(12)16/h5,7,10-14,16H,6,8-9H2,1-4H3/t11-,12-,13+,14?,15+/m1/s1. The van der Waals surface area contributed by atoms with E-state index in [0.717, 1.165) is 18.3 Å². The van der Waals surface area contributed by atoms with E-state index >= 15 is 0 Å². The van der Waals surface area contributed by atoms with Gasteiger partial charge in [0.05, 0.1) is 6.10 Å². The summed E-state index contributed by atoms with van der Waals surface area (Å²) in [6.07, 6.45) is 7.99. The molecule has 1 unspecified atom stereocenters. The molecule has 0 bridgehead atoms. The van der Waals surface area contributed by atoms with E-state index in [0.29, 0.717) is 11.8 Å². The fraction of sp³-hybridized carbons (Fsp3) is 0.867. The molecular formula is C15H26O. The number of aliphatic hydroxyl groups is 1. The molecule has 0 spiro atoms. The summed E-state index contributed by atoms with van der Waals surface area (Å²) in [5.41, 5.74) is 0.252. The molecule has 2 rings (SSSR count). The van der Waals surface area contributed by atoms with Crippen molar-refractivity contribution in [2.45, 2.75) is 53.1 Å².